The lowest BCUT2D eigenvalue weighted by Gasteiger charge is -2.31. The number of carbonyl (C=O) groups excluding carboxylic acids is 3. The third-order valence-electron chi connectivity index (χ3n) is 7.23. The molecule has 0 aromatic heterocycles. The zero-order valence-electron chi connectivity index (χ0n) is 23.7. The van der Waals surface area contributed by atoms with Crippen molar-refractivity contribution in [3.05, 3.63) is 58.7 Å². The largest absolute Gasteiger partial charge is 0.495 e. The Labute approximate surface area is 249 Å². The molecule has 0 spiro atoms. The van der Waals surface area contributed by atoms with E-state index in [1.165, 1.54) is 11.1 Å². The lowest BCUT2D eigenvalue weighted by molar-refractivity contribution is -0.151. The normalized spacial score (nSPS) is 14.0. The van der Waals surface area contributed by atoms with Crippen LogP contribution in [0.2, 0.25) is 0 Å². The number of nitrogens with zero attached hydrogens (tertiary/aromatic N) is 3. The summed E-state index contributed by atoms with van der Waals surface area (Å²) in [5.41, 5.74) is 4.70. The van der Waals surface area contributed by atoms with Crippen LogP contribution in [0.3, 0.4) is 0 Å². The molecule has 2 N–H and O–H groups in total. The average molecular weight is 595 g/mol. The van der Waals surface area contributed by atoms with Crippen LogP contribution < -0.4 is 15.4 Å². The van der Waals surface area contributed by atoms with Gasteiger partial charge in [0.1, 0.15) is 12.3 Å². The maximum Gasteiger partial charge on any atom is 0.256 e. The molecule has 220 valence electrons. The molecule has 1 aliphatic heterocycles. The van der Waals surface area contributed by atoms with Gasteiger partial charge in [0.2, 0.25) is 5.91 Å². The number of hydrogen-bond donors (Lipinski definition) is 2. The smallest absolute Gasteiger partial charge is 0.256 e. The van der Waals surface area contributed by atoms with Gasteiger partial charge in [-0.2, -0.15) is 0 Å². The van der Waals surface area contributed by atoms with Crippen molar-refractivity contribution in [1.29, 1.82) is 0 Å². The fraction of sp³-hybridized carbons (Fsp3) is 0.483. The predicted molar refractivity (Wildman–Crippen MR) is 161 cm³/mol. The van der Waals surface area contributed by atoms with E-state index in [0.717, 1.165) is 18.4 Å². The Balaban J connectivity index is 0.00000280. The van der Waals surface area contributed by atoms with Crippen LogP contribution in [0.15, 0.2) is 36.4 Å². The molecule has 0 saturated carbocycles. The van der Waals surface area contributed by atoms with Crippen LogP contribution in [-0.4, -0.2) is 78.9 Å². The Hall–Kier alpha value is -2.85. The van der Waals surface area contributed by atoms with Crippen molar-refractivity contribution in [3.63, 3.8) is 0 Å². The highest BCUT2D eigenvalue weighted by Crippen LogP contribution is 2.32. The van der Waals surface area contributed by atoms with Gasteiger partial charge in [0.15, 0.2) is 5.78 Å². The molecule has 9 nitrogen and oxygen atoms in total. The van der Waals surface area contributed by atoms with Crippen molar-refractivity contribution in [1.82, 2.24) is 20.2 Å². The molecule has 0 bridgehead atoms. The topological polar surface area (TPSA) is 94.2 Å². The predicted octanol–water partition coefficient (Wildman–Crippen LogP) is 3.69. The molecule has 2 aromatic rings. The van der Waals surface area contributed by atoms with Gasteiger partial charge in [0, 0.05) is 51.3 Å². The highest BCUT2D eigenvalue weighted by molar-refractivity contribution is 6.00. The molecule has 40 heavy (non-hydrogen) atoms. The number of ether oxygens (including phenoxy) is 1. The standard InChI is InChI=1S/C29H39N5O4.2ClH/c1-20(2)30-12-13-33(19-29(37)32(3)34-17-22-8-5-6-9-23(22)18-34)28(36)16-31-25-15-24-21(14-27(25)38-4)10-7-11-26(24)35;;/h5-6,8-9,14-15,20,30-31H,7,10-13,16-19H2,1-4H3;2*1H. The summed E-state index contributed by atoms with van der Waals surface area (Å²) >= 11 is 0. The van der Waals surface area contributed by atoms with E-state index in [0.29, 0.717) is 49.6 Å². The minimum atomic E-state index is -0.201. The summed E-state index contributed by atoms with van der Waals surface area (Å²) in [5.74, 6) is 0.367. The van der Waals surface area contributed by atoms with E-state index in [1.807, 2.05) is 37.1 Å². The highest BCUT2D eigenvalue weighted by Gasteiger charge is 2.27. The second-order valence-corrected chi connectivity index (χ2v) is 10.3. The first kappa shape index (κ1) is 33.4. The van der Waals surface area contributed by atoms with Crippen LogP contribution in [-0.2, 0) is 29.1 Å². The summed E-state index contributed by atoms with van der Waals surface area (Å²) in [6.07, 6.45) is 2.21. The van der Waals surface area contributed by atoms with Crippen molar-refractivity contribution < 1.29 is 19.1 Å². The van der Waals surface area contributed by atoms with E-state index in [2.05, 4.69) is 22.8 Å². The number of likely N-dealkylation sites (N-methyl/N-ethyl adjacent to an activating group) is 1. The minimum absolute atomic E-state index is 0. The van der Waals surface area contributed by atoms with E-state index in [9.17, 15) is 14.4 Å². The number of methoxy groups -OCH3 is 1. The molecule has 4 rings (SSSR count). The van der Waals surface area contributed by atoms with Gasteiger partial charge < -0.3 is 20.3 Å². The van der Waals surface area contributed by atoms with Crippen LogP contribution >= 0.6 is 24.8 Å². The number of hydrazine groups is 1. The number of anilines is 1. The second-order valence-electron chi connectivity index (χ2n) is 10.3. The minimum Gasteiger partial charge on any atom is -0.495 e. The van der Waals surface area contributed by atoms with E-state index >= 15 is 0 Å². The second kappa shape index (κ2) is 15.2. The number of hydrogen-bond acceptors (Lipinski definition) is 7. The van der Waals surface area contributed by atoms with E-state index < -0.39 is 0 Å². The van der Waals surface area contributed by atoms with E-state index in [1.54, 1.807) is 30.1 Å². The number of ketones is 1. The summed E-state index contributed by atoms with van der Waals surface area (Å²) < 4.78 is 5.54. The first-order valence-corrected chi connectivity index (χ1v) is 13.3. The summed E-state index contributed by atoms with van der Waals surface area (Å²) in [4.78, 5) is 40.6. The van der Waals surface area contributed by atoms with Gasteiger partial charge in [0.05, 0.1) is 19.3 Å². The molecule has 0 radical (unpaired) electrons. The summed E-state index contributed by atoms with van der Waals surface area (Å²) in [6.45, 7) is 6.35. The monoisotopic (exact) mass is 593 g/mol. The number of halogens is 2. The van der Waals surface area contributed by atoms with Gasteiger partial charge >= 0.3 is 0 Å². The molecular formula is C29H41Cl2N5O4. The summed E-state index contributed by atoms with van der Waals surface area (Å²) in [5, 5.41) is 10.1. The Kier molecular flexibility index (Phi) is 12.7. The van der Waals surface area contributed by atoms with Crippen LogP contribution in [0.1, 0.15) is 53.7 Å². The van der Waals surface area contributed by atoms with Gasteiger partial charge in [-0.1, -0.05) is 38.1 Å². The van der Waals surface area contributed by atoms with Crippen molar-refractivity contribution in [2.75, 3.05) is 45.7 Å². The number of aryl methyl sites for hydroxylation is 1. The highest BCUT2D eigenvalue weighted by atomic mass is 35.5. The molecular weight excluding hydrogens is 553 g/mol. The summed E-state index contributed by atoms with van der Waals surface area (Å²) in [6, 6.07) is 12.1. The quantitative estimate of drug-likeness (QED) is 0.410. The van der Waals surface area contributed by atoms with Crippen molar-refractivity contribution in [2.45, 2.75) is 52.2 Å². The number of benzene rings is 2. The van der Waals surface area contributed by atoms with Crippen molar-refractivity contribution >= 4 is 48.1 Å². The number of amides is 2. The van der Waals surface area contributed by atoms with Crippen LogP contribution in [0.4, 0.5) is 5.69 Å². The number of Topliss-reactive ketones (excluding diaryl/α,β-unsaturated/α-hetero) is 1. The first-order valence-electron chi connectivity index (χ1n) is 13.3. The van der Waals surface area contributed by atoms with Crippen LogP contribution in [0.25, 0.3) is 0 Å². The van der Waals surface area contributed by atoms with Crippen LogP contribution in [0.5, 0.6) is 5.75 Å². The molecule has 0 fully saturated rings. The molecule has 0 atom stereocenters. The zero-order valence-corrected chi connectivity index (χ0v) is 25.3. The van der Waals surface area contributed by atoms with E-state index in [-0.39, 0.29) is 61.5 Å². The Morgan fingerprint density at radius 3 is 2.33 bits per heavy atom. The molecule has 2 aromatic carbocycles. The molecule has 1 aliphatic carbocycles. The zero-order chi connectivity index (χ0) is 27.2. The molecule has 0 saturated heterocycles. The molecule has 1 heterocycles. The Morgan fingerprint density at radius 2 is 1.70 bits per heavy atom. The average Bonchev–Trinajstić information content (AvgIpc) is 3.34. The number of rotatable bonds is 11. The van der Waals surface area contributed by atoms with E-state index in [4.69, 9.17) is 4.74 Å². The van der Waals surface area contributed by atoms with Crippen molar-refractivity contribution in [3.8, 4) is 5.75 Å². The molecule has 2 aliphatic rings. The van der Waals surface area contributed by atoms with Gasteiger partial charge in [-0.05, 0) is 41.7 Å². The lowest BCUT2D eigenvalue weighted by Crippen LogP contribution is -2.49. The third-order valence-corrected chi connectivity index (χ3v) is 7.23. The maximum absolute atomic E-state index is 13.3. The molecule has 0 unspecified atom stereocenters. The fourth-order valence-electron chi connectivity index (χ4n) is 4.98. The van der Waals surface area contributed by atoms with Gasteiger partial charge in [-0.15, -0.1) is 24.8 Å². The van der Waals surface area contributed by atoms with Crippen LogP contribution in [0, 0.1) is 0 Å². The fourth-order valence-corrected chi connectivity index (χ4v) is 4.98. The van der Waals surface area contributed by atoms with Gasteiger partial charge in [-0.3, -0.25) is 19.4 Å². The first-order chi connectivity index (χ1) is 18.3. The molecule has 2 amide bonds. The number of fused-ring (bicyclic) bond motifs is 2. The lowest BCUT2D eigenvalue weighted by atomic mass is 9.90. The Morgan fingerprint density at radius 1 is 1.02 bits per heavy atom. The Bertz CT molecular complexity index is 1170. The molecule has 11 heteroatoms. The van der Waals surface area contributed by atoms with Gasteiger partial charge in [-0.25, -0.2) is 5.01 Å². The summed E-state index contributed by atoms with van der Waals surface area (Å²) in [7, 11) is 3.34. The van der Waals surface area contributed by atoms with Crippen molar-refractivity contribution in [2.24, 2.45) is 0 Å². The SMILES string of the molecule is COc1cc2c(cc1NCC(=O)N(CCNC(C)C)CC(=O)N(C)N1Cc3ccccc3C1)C(=O)CCC2.Cl.Cl. The maximum atomic E-state index is 13.3. The number of carbonyl (C=O) groups is 3. The third kappa shape index (κ3) is 8.10. The van der Waals surface area contributed by atoms with Gasteiger partial charge in [0.25, 0.3) is 5.91 Å². The number of nitrogens with one attached hydrogen (secondary N) is 2.